The zero-order valence-electron chi connectivity index (χ0n) is 57.9. The van der Waals surface area contributed by atoms with Crippen LogP contribution >= 0.6 is 11.3 Å². The number of nitrogens with zero attached hydrogens (tertiary/aromatic N) is 9. The normalized spacial score (nSPS) is 21.4. The Labute approximate surface area is 580 Å². The molecule has 2 saturated carbocycles. The summed E-state index contributed by atoms with van der Waals surface area (Å²) in [6.07, 6.45) is 13.1. The maximum absolute atomic E-state index is 14.0. The fourth-order valence-corrected chi connectivity index (χ4v) is 17.7. The van der Waals surface area contributed by atoms with Gasteiger partial charge >= 0.3 is 12.0 Å². The summed E-state index contributed by atoms with van der Waals surface area (Å²) in [5.74, 6) is -2.55. The number of carbonyl (C=O) groups excluding carboxylic acids is 6. The molecule has 0 spiro atoms. The second kappa shape index (κ2) is 29.6. The van der Waals surface area contributed by atoms with E-state index in [0.717, 1.165) is 120 Å². The van der Waals surface area contributed by atoms with Crippen LogP contribution in [0.2, 0.25) is 0 Å². The molecule has 3 fully saturated rings. The van der Waals surface area contributed by atoms with Gasteiger partial charge in [0.25, 0.3) is 11.8 Å². The zero-order valence-corrected chi connectivity index (χ0v) is 58.8. The van der Waals surface area contributed by atoms with Gasteiger partial charge in [0, 0.05) is 90.2 Å². The van der Waals surface area contributed by atoms with Gasteiger partial charge in [0.15, 0.2) is 22.5 Å². The number of urea groups is 1. The molecule has 0 unspecified atom stereocenters. The van der Waals surface area contributed by atoms with E-state index in [9.17, 15) is 43.1 Å². The monoisotopic (exact) mass is 1380 g/mol. The minimum atomic E-state index is -1.15. The Morgan fingerprint density at radius 3 is 2.33 bits per heavy atom. The highest BCUT2D eigenvalue weighted by molar-refractivity contribution is 7.22. The molecule has 99 heavy (non-hydrogen) atoms. The highest BCUT2D eigenvalue weighted by Crippen LogP contribution is 2.64. The maximum Gasteiger partial charge on any atom is 0.355 e. The Hall–Kier alpha value is -8.79. The van der Waals surface area contributed by atoms with Gasteiger partial charge in [-0.05, 0) is 143 Å². The van der Waals surface area contributed by atoms with Crippen LogP contribution in [-0.4, -0.2) is 163 Å². The summed E-state index contributed by atoms with van der Waals surface area (Å²) in [5.41, 5.74) is 11.0. The van der Waals surface area contributed by atoms with E-state index in [4.69, 9.17) is 25.3 Å². The van der Waals surface area contributed by atoms with Gasteiger partial charge in [-0.2, -0.15) is 5.10 Å². The molecule has 2 aromatic carbocycles. The number of thiazole rings is 1. The van der Waals surface area contributed by atoms with Gasteiger partial charge in [-0.15, -0.1) is 10.2 Å². The number of carboxylic acid groups (broad SMARTS) is 1. The first-order valence-electron chi connectivity index (χ1n) is 34.5. The van der Waals surface area contributed by atoms with Gasteiger partial charge < -0.3 is 56.3 Å². The molecule has 5 atom stereocenters. The summed E-state index contributed by atoms with van der Waals surface area (Å²) in [6.45, 7) is 22.7. The summed E-state index contributed by atoms with van der Waals surface area (Å²) in [5, 5.41) is 40.0. The quantitative estimate of drug-likeness (QED) is 0.0130. The standard InChI is InChI=1S/C72H92FN15O10S/c1-44(2)60(81-57(89)25-32-97-33-28-86-58(90)23-24-59(86)91)65(93)78-54(14-11-26-75-67(74)96)64(92)77-49-18-15-47(16-19-49)37-88(29-9-10-30-88)31-34-98-71(8)40-70(7)38-69(5,6)39-72(41-70,42-71)43-87-46(4)52(36-76-87)51-20-22-56(80-61(51)66(94)95)85-27-12-13-50-45(3)62(83-84-63(50)85)82-68-79-53-21-17-48(73)35-55(53)99-68/h15-24,35-36,44,54,60H,9-14,25-34,37-43H2,1-8H3,(H7-,74,75,77,78,79,81,82,83,89,92,93,94,95,96)/p+1/t54-,60-,70-,71-,72+/m0/s1. The van der Waals surface area contributed by atoms with Gasteiger partial charge in [-0.25, -0.2) is 23.9 Å². The van der Waals surface area contributed by atoms with E-state index in [1.54, 1.807) is 26.1 Å². The van der Waals surface area contributed by atoms with Crippen molar-refractivity contribution in [2.24, 2.45) is 27.9 Å². The van der Waals surface area contributed by atoms with E-state index in [-0.39, 0.29) is 72.8 Å². The second-order valence-electron chi connectivity index (χ2n) is 29.7. The first kappa shape index (κ1) is 71.5. The maximum atomic E-state index is 14.0. The number of amides is 7. The lowest BCUT2D eigenvalue weighted by Crippen LogP contribution is -2.56. The molecule has 2 aliphatic carbocycles. The fraction of sp³-hybridized carbons (Fsp3) is 0.528. The van der Waals surface area contributed by atoms with Crippen molar-refractivity contribution in [3.8, 4) is 11.1 Å². The average Bonchev–Trinajstić information content (AvgIpc) is 1.70. The Kier molecular flexibility index (Phi) is 21.4. The van der Waals surface area contributed by atoms with Crippen molar-refractivity contribution >= 4 is 91.4 Å². The van der Waals surface area contributed by atoms with Crippen molar-refractivity contribution in [1.82, 2.24) is 50.8 Å². The number of ether oxygens (including phenoxy) is 2. The number of hydrogen-bond acceptors (Lipinski definition) is 17. The molecule has 4 aromatic heterocycles. The number of primary amides is 1. The molecule has 8 N–H and O–H groups in total. The highest BCUT2D eigenvalue weighted by atomic mass is 32.1. The van der Waals surface area contributed by atoms with E-state index in [2.05, 4.69) is 74.1 Å². The molecule has 5 aliphatic rings. The third kappa shape index (κ3) is 16.9. The highest BCUT2D eigenvalue weighted by Gasteiger charge is 2.58. The summed E-state index contributed by atoms with van der Waals surface area (Å²) in [4.78, 5) is 102. The van der Waals surface area contributed by atoms with Crippen LogP contribution < -0.4 is 37.2 Å². The number of aromatic nitrogens is 6. The lowest BCUT2D eigenvalue weighted by atomic mass is 9.46. The van der Waals surface area contributed by atoms with Crippen LogP contribution in [0.5, 0.6) is 0 Å². The Bertz CT molecular complexity index is 4060. The van der Waals surface area contributed by atoms with Crippen LogP contribution in [0.3, 0.4) is 0 Å². The predicted octanol–water partition coefficient (Wildman–Crippen LogP) is 9.55. The predicted molar refractivity (Wildman–Crippen MR) is 374 cm³/mol. The molecule has 7 heterocycles. The molecule has 27 heteroatoms. The third-order valence-corrected chi connectivity index (χ3v) is 21.2. The number of fused-ring (bicyclic) bond motifs is 4. The number of imide groups is 1. The Morgan fingerprint density at radius 1 is 0.848 bits per heavy atom. The molecule has 3 aliphatic heterocycles. The van der Waals surface area contributed by atoms with Crippen LogP contribution in [-0.2, 0) is 53.0 Å². The number of nitrogens with one attached hydrogen (secondary N) is 5. The van der Waals surface area contributed by atoms with Gasteiger partial charge in [0.1, 0.15) is 36.8 Å². The minimum absolute atomic E-state index is 0.000307. The Balaban J connectivity index is 0.717. The van der Waals surface area contributed by atoms with Crippen LogP contribution in [0.15, 0.2) is 72.9 Å². The van der Waals surface area contributed by atoms with Gasteiger partial charge in [-0.1, -0.05) is 58.1 Å². The molecule has 1 saturated heterocycles. The molecule has 0 radical (unpaired) electrons. The molecule has 528 valence electrons. The van der Waals surface area contributed by atoms with E-state index in [1.807, 2.05) is 55.1 Å². The van der Waals surface area contributed by atoms with Crippen LogP contribution in [0.25, 0.3) is 21.3 Å². The number of quaternary nitrogens is 1. The number of anilines is 5. The van der Waals surface area contributed by atoms with Gasteiger partial charge in [-0.3, -0.25) is 33.6 Å². The molecule has 25 nitrogen and oxygen atoms in total. The number of halogens is 1. The summed E-state index contributed by atoms with van der Waals surface area (Å²) in [6, 6.07) is 13.2. The number of carboxylic acids is 1. The smallest absolute Gasteiger partial charge is 0.355 e. The first-order valence-corrected chi connectivity index (χ1v) is 35.3. The lowest BCUT2D eigenvalue weighted by Gasteiger charge is -2.61. The topological polar surface area (TPSA) is 320 Å². The van der Waals surface area contributed by atoms with Crippen molar-refractivity contribution < 1.29 is 57.0 Å². The van der Waals surface area contributed by atoms with E-state index in [0.29, 0.717) is 71.0 Å². The second-order valence-corrected chi connectivity index (χ2v) is 30.7. The zero-order chi connectivity index (χ0) is 70.6. The van der Waals surface area contributed by atoms with Crippen molar-refractivity contribution in [3.63, 3.8) is 0 Å². The number of likely N-dealkylation sites (tertiary alicyclic amines) is 1. The average molecular weight is 1380 g/mol. The minimum Gasteiger partial charge on any atom is -0.476 e. The number of rotatable bonds is 29. The largest absolute Gasteiger partial charge is 0.476 e. The van der Waals surface area contributed by atoms with E-state index < -0.39 is 59.2 Å². The van der Waals surface area contributed by atoms with Crippen molar-refractivity contribution in [1.29, 1.82) is 0 Å². The number of nitrogens with two attached hydrogens (primary N) is 1. The number of aromatic carboxylic acids is 1. The molecule has 7 amide bonds. The van der Waals surface area contributed by atoms with Gasteiger partial charge in [0.2, 0.25) is 17.7 Å². The summed E-state index contributed by atoms with van der Waals surface area (Å²) in [7, 11) is 0. The first-order chi connectivity index (χ1) is 47.1. The fourth-order valence-electron chi connectivity index (χ4n) is 16.8. The van der Waals surface area contributed by atoms with E-state index >= 15 is 0 Å². The van der Waals surface area contributed by atoms with Crippen LogP contribution in [0, 0.1) is 41.8 Å². The van der Waals surface area contributed by atoms with Gasteiger partial charge in [0.05, 0.1) is 61.5 Å². The Morgan fingerprint density at radius 2 is 1.61 bits per heavy atom. The molecule has 6 aromatic rings. The van der Waals surface area contributed by atoms with Crippen LogP contribution in [0.4, 0.5) is 37.5 Å². The molecule has 11 rings (SSSR count). The number of hydrogen-bond donors (Lipinski definition) is 7. The van der Waals surface area contributed by atoms with Crippen molar-refractivity contribution in [2.45, 2.75) is 163 Å². The molecule has 2 bridgehead atoms. The van der Waals surface area contributed by atoms with Crippen LogP contribution in [0.1, 0.15) is 145 Å². The number of pyridine rings is 1. The van der Waals surface area contributed by atoms with E-state index in [1.165, 1.54) is 35.6 Å². The van der Waals surface area contributed by atoms with Crippen molar-refractivity contribution in [3.05, 3.63) is 107 Å². The number of carbonyl (C=O) groups is 7. The lowest BCUT2D eigenvalue weighted by molar-refractivity contribution is -0.930. The number of benzene rings is 2. The molecular formula is C72H93FN15O10S+. The molecular weight excluding hydrogens is 1290 g/mol. The summed E-state index contributed by atoms with van der Waals surface area (Å²) >= 11 is 1.33. The summed E-state index contributed by atoms with van der Waals surface area (Å²) < 4.78 is 30.4. The van der Waals surface area contributed by atoms with Crippen molar-refractivity contribution in [2.75, 3.05) is 74.6 Å². The third-order valence-electron chi connectivity index (χ3n) is 20.3. The SMILES string of the molecule is Cc1c(Nc2nc3ccc(F)cc3s2)nnc2c1CCCN2c1ccc(-c2cnn(C[C@]34CC(C)(C)C[C@](C)(C3)C[C@](C)(OCC[N+]3(Cc5ccc(NC(=O)[C@H](CCCNC(N)=O)NC(=O)[C@@H](NC(=O)CCOCCN6C(=O)C=CC6=O)C(C)C)cc5)CCCC3)C4)c2C)c(C(=O)O)n1.